The van der Waals surface area contributed by atoms with Crippen molar-refractivity contribution in [2.45, 2.75) is 25.6 Å². The Kier molecular flexibility index (Phi) is 7.05. The third-order valence-corrected chi connectivity index (χ3v) is 5.71. The average molecular weight is 404 g/mol. The van der Waals surface area contributed by atoms with Gasteiger partial charge in [-0.1, -0.05) is 5.16 Å². The van der Waals surface area contributed by atoms with Gasteiger partial charge >= 0.3 is 0 Å². The molecule has 1 aliphatic rings. The maximum atomic E-state index is 12.5. The minimum absolute atomic E-state index is 0.0745. The summed E-state index contributed by atoms with van der Waals surface area (Å²) in [5.41, 5.74) is 1.23. The van der Waals surface area contributed by atoms with E-state index < -0.39 is 0 Å². The Bertz CT molecular complexity index is 790. The van der Waals surface area contributed by atoms with E-state index in [-0.39, 0.29) is 22.8 Å². The number of pyridine rings is 1. The number of thioether (sulfide) groups is 1. The van der Waals surface area contributed by atoms with Gasteiger partial charge in [-0.3, -0.25) is 19.5 Å². The summed E-state index contributed by atoms with van der Waals surface area (Å²) in [6.45, 7) is 7.54. The van der Waals surface area contributed by atoms with Crippen LogP contribution in [0.1, 0.15) is 18.2 Å². The number of aromatic nitrogens is 2. The number of aryl methyl sites for hydroxylation is 1. The largest absolute Gasteiger partial charge is 0.360 e. The van der Waals surface area contributed by atoms with Crippen LogP contribution < -0.4 is 5.32 Å². The van der Waals surface area contributed by atoms with Gasteiger partial charge < -0.3 is 14.7 Å². The standard InChI is InChI=1S/C19H25N5O3S/c1-14-11-17(22-27-14)21-19(26)15(2)28-13-18(25)24-9-7-23(8-10-24)12-16-3-5-20-6-4-16/h3-6,11,15H,7-10,12-13H2,1-2H3,(H,21,22,26)/t15-/m1/s1. The number of rotatable bonds is 7. The summed E-state index contributed by atoms with van der Waals surface area (Å²) in [5, 5.41) is 6.09. The van der Waals surface area contributed by atoms with Gasteiger partial charge in [-0.15, -0.1) is 11.8 Å². The molecule has 0 bridgehead atoms. The molecule has 0 aromatic carbocycles. The summed E-state index contributed by atoms with van der Waals surface area (Å²) in [7, 11) is 0. The fraction of sp³-hybridized carbons (Fsp3) is 0.474. The van der Waals surface area contributed by atoms with E-state index in [1.165, 1.54) is 17.3 Å². The summed E-state index contributed by atoms with van der Waals surface area (Å²) < 4.78 is 4.93. The van der Waals surface area contributed by atoms with Crippen LogP contribution in [0.25, 0.3) is 0 Å². The van der Waals surface area contributed by atoms with E-state index in [0.29, 0.717) is 24.7 Å². The predicted molar refractivity (Wildman–Crippen MR) is 108 cm³/mol. The summed E-state index contributed by atoms with van der Waals surface area (Å²) in [5.74, 6) is 1.20. The second-order valence-electron chi connectivity index (χ2n) is 6.78. The molecule has 28 heavy (non-hydrogen) atoms. The van der Waals surface area contributed by atoms with Gasteiger partial charge in [0.1, 0.15) is 5.76 Å². The Morgan fingerprint density at radius 2 is 1.96 bits per heavy atom. The normalized spacial score (nSPS) is 16.0. The number of nitrogens with one attached hydrogen (secondary N) is 1. The lowest BCUT2D eigenvalue weighted by Crippen LogP contribution is -2.49. The van der Waals surface area contributed by atoms with E-state index in [1.807, 2.05) is 17.0 Å². The van der Waals surface area contributed by atoms with Crippen LogP contribution in [0.3, 0.4) is 0 Å². The molecular weight excluding hydrogens is 378 g/mol. The zero-order valence-corrected chi connectivity index (χ0v) is 16.9. The van der Waals surface area contributed by atoms with Crippen LogP contribution in [-0.4, -0.2) is 68.9 Å². The van der Waals surface area contributed by atoms with Gasteiger partial charge in [-0.25, -0.2) is 0 Å². The van der Waals surface area contributed by atoms with Crippen molar-refractivity contribution < 1.29 is 14.1 Å². The third-order valence-electron chi connectivity index (χ3n) is 4.59. The highest BCUT2D eigenvalue weighted by Crippen LogP contribution is 2.16. The van der Waals surface area contributed by atoms with E-state index in [9.17, 15) is 9.59 Å². The van der Waals surface area contributed by atoms with Crippen molar-refractivity contribution in [3.63, 3.8) is 0 Å². The molecule has 0 spiro atoms. The van der Waals surface area contributed by atoms with Crippen molar-refractivity contribution in [3.8, 4) is 0 Å². The summed E-state index contributed by atoms with van der Waals surface area (Å²) in [6.07, 6.45) is 3.60. The van der Waals surface area contributed by atoms with Crippen molar-refractivity contribution in [2.24, 2.45) is 0 Å². The summed E-state index contributed by atoms with van der Waals surface area (Å²) in [6, 6.07) is 5.69. The lowest BCUT2D eigenvalue weighted by molar-refractivity contribution is -0.130. The van der Waals surface area contributed by atoms with Crippen LogP contribution >= 0.6 is 11.8 Å². The molecule has 0 saturated carbocycles. The fourth-order valence-corrected chi connectivity index (χ4v) is 3.70. The molecule has 1 fully saturated rings. The average Bonchev–Trinajstić information content (AvgIpc) is 3.11. The second kappa shape index (κ2) is 9.70. The zero-order valence-electron chi connectivity index (χ0n) is 16.1. The Balaban J connectivity index is 1.37. The molecule has 3 rings (SSSR count). The van der Waals surface area contributed by atoms with Crippen LogP contribution in [0.2, 0.25) is 0 Å². The summed E-state index contributed by atoms with van der Waals surface area (Å²) in [4.78, 5) is 32.9. The first-order valence-electron chi connectivity index (χ1n) is 9.26. The van der Waals surface area contributed by atoms with Gasteiger partial charge in [0.25, 0.3) is 0 Å². The molecule has 0 unspecified atom stereocenters. The first-order chi connectivity index (χ1) is 13.5. The molecule has 9 heteroatoms. The van der Waals surface area contributed by atoms with E-state index in [2.05, 4.69) is 20.4 Å². The maximum Gasteiger partial charge on any atom is 0.238 e. The van der Waals surface area contributed by atoms with Crippen molar-refractivity contribution >= 4 is 29.4 Å². The Hall–Kier alpha value is -2.39. The van der Waals surface area contributed by atoms with E-state index >= 15 is 0 Å². The number of amides is 2. The van der Waals surface area contributed by atoms with Crippen molar-refractivity contribution in [1.29, 1.82) is 0 Å². The first-order valence-corrected chi connectivity index (χ1v) is 10.3. The van der Waals surface area contributed by atoms with Crippen LogP contribution in [0.5, 0.6) is 0 Å². The topological polar surface area (TPSA) is 91.6 Å². The highest BCUT2D eigenvalue weighted by atomic mass is 32.2. The van der Waals surface area contributed by atoms with Gasteiger partial charge in [-0.05, 0) is 31.5 Å². The van der Waals surface area contributed by atoms with Crippen LogP contribution in [0.15, 0.2) is 35.1 Å². The molecule has 1 N–H and O–H groups in total. The SMILES string of the molecule is Cc1cc(NC(=O)[C@@H](C)SCC(=O)N2CCN(Cc3ccncc3)CC2)no1. The molecule has 2 aromatic rings. The van der Waals surface area contributed by atoms with E-state index in [1.54, 1.807) is 32.3 Å². The molecule has 2 aromatic heterocycles. The highest BCUT2D eigenvalue weighted by Gasteiger charge is 2.23. The number of anilines is 1. The molecule has 1 atom stereocenters. The van der Waals surface area contributed by atoms with Crippen molar-refractivity contribution in [2.75, 3.05) is 37.2 Å². The van der Waals surface area contributed by atoms with Crippen molar-refractivity contribution in [1.82, 2.24) is 19.9 Å². The smallest absolute Gasteiger partial charge is 0.238 e. The quantitative estimate of drug-likeness (QED) is 0.753. The van der Waals surface area contributed by atoms with Gasteiger partial charge in [0.2, 0.25) is 11.8 Å². The lowest BCUT2D eigenvalue weighted by Gasteiger charge is -2.34. The Morgan fingerprint density at radius 3 is 2.61 bits per heavy atom. The monoisotopic (exact) mass is 403 g/mol. The highest BCUT2D eigenvalue weighted by molar-refractivity contribution is 8.01. The first kappa shape index (κ1) is 20.3. The molecule has 1 aliphatic heterocycles. The number of hydrogen-bond acceptors (Lipinski definition) is 7. The second-order valence-corrected chi connectivity index (χ2v) is 8.11. The molecule has 0 radical (unpaired) electrons. The van der Waals surface area contributed by atoms with Crippen LogP contribution in [0, 0.1) is 6.92 Å². The zero-order chi connectivity index (χ0) is 19.9. The van der Waals surface area contributed by atoms with Gasteiger partial charge in [0.05, 0.1) is 11.0 Å². The number of hydrogen-bond donors (Lipinski definition) is 1. The van der Waals surface area contributed by atoms with Gasteiger partial charge in [0, 0.05) is 51.2 Å². The molecule has 2 amide bonds. The Morgan fingerprint density at radius 1 is 1.25 bits per heavy atom. The van der Waals surface area contributed by atoms with Gasteiger partial charge in [-0.2, -0.15) is 0 Å². The van der Waals surface area contributed by atoms with E-state index in [4.69, 9.17) is 4.52 Å². The Labute approximate surface area is 168 Å². The number of nitrogens with zero attached hydrogens (tertiary/aromatic N) is 4. The molecular formula is C19H25N5O3S. The minimum atomic E-state index is -0.353. The molecule has 0 aliphatic carbocycles. The lowest BCUT2D eigenvalue weighted by atomic mass is 10.2. The van der Waals surface area contributed by atoms with Gasteiger partial charge in [0.15, 0.2) is 5.82 Å². The minimum Gasteiger partial charge on any atom is -0.360 e. The number of carbonyl (C=O) groups is 2. The molecule has 150 valence electrons. The fourth-order valence-electron chi connectivity index (χ4n) is 2.92. The number of piperazine rings is 1. The van der Waals surface area contributed by atoms with Crippen LogP contribution in [0.4, 0.5) is 5.82 Å². The molecule has 3 heterocycles. The molecule has 1 saturated heterocycles. The molecule has 8 nitrogen and oxygen atoms in total. The van der Waals surface area contributed by atoms with Crippen LogP contribution in [-0.2, 0) is 16.1 Å². The predicted octanol–water partition coefficient (Wildman–Crippen LogP) is 1.78. The number of carbonyl (C=O) groups excluding carboxylic acids is 2. The van der Waals surface area contributed by atoms with Crippen molar-refractivity contribution in [3.05, 3.63) is 41.9 Å². The third kappa shape index (κ3) is 5.80. The van der Waals surface area contributed by atoms with E-state index in [0.717, 1.165) is 19.6 Å². The summed E-state index contributed by atoms with van der Waals surface area (Å²) >= 11 is 1.33. The maximum absolute atomic E-state index is 12.5.